The number of benzene rings is 1. The van der Waals surface area contributed by atoms with Gasteiger partial charge in [0.15, 0.2) is 11.6 Å². The second-order valence-electron chi connectivity index (χ2n) is 11.1. The third-order valence-electron chi connectivity index (χ3n) is 8.57. The minimum atomic E-state index is -1.00. The van der Waals surface area contributed by atoms with E-state index in [-0.39, 0.29) is 22.8 Å². The molecule has 0 spiro atoms. The van der Waals surface area contributed by atoms with Gasteiger partial charge in [-0.25, -0.2) is 14.4 Å². The minimum Gasteiger partial charge on any atom is -0.382 e. The molecule has 6 rings (SSSR count). The number of carbonyl (C=O) groups is 1. The Morgan fingerprint density at radius 3 is 2.58 bits per heavy atom. The van der Waals surface area contributed by atoms with E-state index in [1.165, 1.54) is 18.2 Å². The topological polar surface area (TPSA) is 107 Å². The summed E-state index contributed by atoms with van der Waals surface area (Å²) >= 11 is 5.88. The summed E-state index contributed by atoms with van der Waals surface area (Å²) in [4.78, 5) is 22.6. The summed E-state index contributed by atoms with van der Waals surface area (Å²) in [6, 6.07) is 4.10. The second-order valence-corrected chi connectivity index (χ2v) is 11.5. The number of carbonyl (C=O) groups excluding carboxylic acids is 1. The molecular weight excluding hydrogens is 511 g/mol. The summed E-state index contributed by atoms with van der Waals surface area (Å²) in [5.74, 6) is 1.62. The smallest absolute Gasteiger partial charge is 0.274 e. The van der Waals surface area contributed by atoms with E-state index in [2.05, 4.69) is 15.4 Å². The van der Waals surface area contributed by atoms with E-state index >= 15 is 0 Å². The van der Waals surface area contributed by atoms with Crippen LogP contribution in [0.15, 0.2) is 24.5 Å². The number of fused-ring (bicyclic) bond motifs is 1. The Kier molecular flexibility index (Phi) is 6.52. The van der Waals surface area contributed by atoms with Crippen molar-refractivity contribution >= 4 is 23.2 Å². The van der Waals surface area contributed by atoms with Gasteiger partial charge in [0.05, 0.1) is 17.0 Å². The first-order chi connectivity index (χ1) is 18.2. The number of halogens is 2. The second kappa shape index (κ2) is 9.73. The maximum atomic E-state index is 13.5. The molecular formula is C27H32ClFN6O3. The van der Waals surface area contributed by atoms with E-state index in [9.17, 15) is 14.3 Å². The molecule has 3 aromatic rings. The number of aromatic nitrogens is 5. The molecule has 3 heterocycles. The van der Waals surface area contributed by atoms with Gasteiger partial charge in [-0.3, -0.25) is 9.48 Å². The van der Waals surface area contributed by atoms with Crippen molar-refractivity contribution in [3.05, 3.63) is 58.4 Å². The largest absolute Gasteiger partial charge is 0.382 e. The zero-order valence-electron chi connectivity index (χ0n) is 21.5. The van der Waals surface area contributed by atoms with Gasteiger partial charge in [-0.05, 0) is 68.6 Å². The number of hydrogen-bond donors (Lipinski definition) is 2. The van der Waals surface area contributed by atoms with Gasteiger partial charge < -0.3 is 19.7 Å². The van der Waals surface area contributed by atoms with Crippen LogP contribution in [0.25, 0.3) is 0 Å². The molecule has 2 atom stereocenters. The highest BCUT2D eigenvalue weighted by Gasteiger charge is 2.52. The van der Waals surface area contributed by atoms with Crippen molar-refractivity contribution in [2.75, 3.05) is 18.5 Å². The van der Waals surface area contributed by atoms with Crippen molar-refractivity contribution in [2.45, 2.75) is 56.0 Å². The molecule has 2 unspecified atom stereocenters. The van der Waals surface area contributed by atoms with Crippen molar-refractivity contribution in [1.29, 1.82) is 0 Å². The van der Waals surface area contributed by atoms with E-state index in [0.717, 1.165) is 50.4 Å². The molecule has 1 aromatic carbocycles. The molecule has 3 fully saturated rings. The van der Waals surface area contributed by atoms with Crippen LogP contribution >= 0.6 is 11.6 Å². The molecule has 1 aliphatic heterocycles. The maximum Gasteiger partial charge on any atom is 0.274 e. The zero-order valence-corrected chi connectivity index (χ0v) is 22.3. The fourth-order valence-electron chi connectivity index (χ4n) is 6.79. The van der Waals surface area contributed by atoms with Crippen molar-refractivity contribution in [3.8, 4) is 0 Å². The summed E-state index contributed by atoms with van der Waals surface area (Å²) in [7, 11) is 3.66. The van der Waals surface area contributed by atoms with Crippen LogP contribution < -0.4 is 5.32 Å². The van der Waals surface area contributed by atoms with Crippen molar-refractivity contribution < 1.29 is 19.0 Å². The first-order valence-corrected chi connectivity index (χ1v) is 13.6. The number of imidazole rings is 1. The van der Waals surface area contributed by atoms with Crippen LogP contribution in [-0.2, 0) is 24.4 Å². The van der Waals surface area contributed by atoms with Crippen molar-refractivity contribution in [3.63, 3.8) is 0 Å². The number of anilines is 1. The molecule has 2 saturated carbocycles. The fraction of sp³-hybridized carbons (Fsp3) is 0.556. The Labute approximate surface area is 225 Å². The molecule has 1 saturated heterocycles. The molecule has 0 bridgehead atoms. The lowest BCUT2D eigenvalue weighted by molar-refractivity contribution is 0.0218. The lowest BCUT2D eigenvalue weighted by Crippen LogP contribution is -2.27. The first-order valence-electron chi connectivity index (χ1n) is 13.2. The molecule has 1 amide bonds. The van der Waals surface area contributed by atoms with Crippen LogP contribution in [0.4, 0.5) is 10.1 Å². The summed E-state index contributed by atoms with van der Waals surface area (Å²) in [5, 5.41) is 19.1. The zero-order chi connectivity index (χ0) is 26.6. The third-order valence-corrected chi connectivity index (χ3v) is 8.86. The Morgan fingerprint density at radius 2 is 1.89 bits per heavy atom. The highest BCUT2D eigenvalue weighted by Crippen LogP contribution is 2.56. The van der Waals surface area contributed by atoms with E-state index in [0.29, 0.717) is 41.9 Å². The fourth-order valence-corrected chi connectivity index (χ4v) is 6.98. The molecule has 11 heteroatoms. The Morgan fingerprint density at radius 1 is 1.18 bits per heavy atom. The molecule has 202 valence electrons. The van der Waals surface area contributed by atoms with Crippen LogP contribution in [0, 0.1) is 17.7 Å². The summed E-state index contributed by atoms with van der Waals surface area (Å²) in [6.07, 6.45) is 6.40. The van der Waals surface area contributed by atoms with Gasteiger partial charge in [-0.1, -0.05) is 11.6 Å². The van der Waals surface area contributed by atoms with Gasteiger partial charge in [-0.2, -0.15) is 5.10 Å². The molecule has 0 radical (unpaired) electrons. The van der Waals surface area contributed by atoms with E-state index < -0.39 is 11.4 Å². The average Bonchev–Trinajstić information content (AvgIpc) is 3.64. The Hall–Kier alpha value is -2.82. The quantitative estimate of drug-likeness (QED) is 0.498. The van der Waals surface area contributed by atoms with Crippen LogP contribution in [0.3, 0.4) is 0 Å². The molecule has 9 nitrogen and oxygen atoms in total. The summed E-state index contributed by atoms with van der Waals surface area (Å²) in [5.41, 5.74) is 0.667. The highest BCUT2D eigenvalue weighted by molar-refractivity contribution is 6.31. The number of ether oxygens (including phenoxy) is 1. The third kappa shape index (κ3) is 4.52. The van der Waals surface area contributed by atoms with Crippen LogP contribution in [0.1, 0.15) is 78.2 Å². The highest BCUT2D eigenvalue weighted by atomic mass is 35.5. The molecule has 3 aliphatic rings. The van der Waals surface area contributed by atoms with Gasteiger partial charge in [-0.15, -0.1) is 0 Å². The number of amides is 1. The van der Waals surface area contributed by atoms with Crippen LogP contribution in [-0.4, -0.2) is 48.5 Å². The van der Waals surface area contributed by atoms with E-state index in [4.69, 9.17) is 21.3 Å². The summed E-state index contributed by atoms with van der Waals surface area (Å²) in [6.45, 7) is 1.44. The van der Waals surface area contributed by atoms with Crippen LogP contribution in [0.5, 0.6) is 0 Å². The number of rotatable bonds is 5. The normalized spacial score (nSPS) is 27.6. The number of nitrogens with one attached hydrogen (secondary N) is 1. The monoisotopic (exact) mass is 542 g/mol. The number of nitrogens with zero attached hydrogens (tertiary/aromatic N) is 5. The SMILES string of the molecule is Cn1cnc(C2CC3CC(O)(c4nc(C5CCOCC5)nn4C)CC3C2)c1C(=O)Nc1ccc(F)c(Cl)c1. The van der Waals surface area contributed by atoms with E-state index in [1.807, 2.05) is 7.05 Å². The maximum absolute atomic E-state index is 13.5. The molecule has 2 aromatic heterocycles. The van der Waals surface area contributed by atoms with Gasteiger partial charge >= 0.3 is 0 Å². The molecule has 2 N–H and O–H groups in total. The van der Waals surface area contributed by atoms with Gasteiger partial charge in [0.2, 0.25) is 0 Å². The lowest BCUT2D eigenvalue weighted by atomic mass is 9.91. The van der Waals surface area contributed by atoms with E-state index in [1.54, 1.807) is 22.6 Å². The lowest BCUT2D eigenvalue weighted by Gasteiger charge is -2.23. The first kappa shape index (κ1) is 25.5. The van der Waals surface area contributed by atoms with Gasteiger partial charge in [0, 0.05) is 44.8 Å². The van der Waals surface area contributed by atoms with Gasteiger partial charge in [0.1, 0.15) is 17.1 Å². The Balaban J connectivity index is 1.16. The average molecular weight is 543 g/mol. The number of aryl methyl sites for hydroxylation is 2. The predicted octanol–water partition coefficient (Wildman–Crippen LogP) is 4.28. The standard InChI is InChI=1S/C27H32ClFN6O3/c1-34-14-30-22(23(34)25(36)31-19-3-4-21(29)20(28)11-19)16-9-17-12-27(37,13-18(17)10-16)26-32-24(33-35(26)2)15-5-7-38-8-6-15/h3-4,11,14-18,37H,5-10,12-13H2,1-2H3,(H,31,36). The van der Waals surface area contributed by atoms with Crippen molar-refractivity contribution in [1.82, 2.24) is 24.3 Å². The van der Waals surface area contributed by atoms with Gasteiger partial charge in [0.25, 0.3) is 5.91 Å². The minimum absolute atomic E-state index is 0.0491. The Bertz CT molecular complexity index is 1350. The molecule has 38 heavy (non-hydrogen) atoms. The number of hydrogen-bond acceptors (Lipinski definition) is 6. The predicted molar refractivity (Wildman–Crippen MR) is 138 cm³/mol. The summed E-state index contributed by atoms with van der Waals surface area (Å²) < 4.78 is 22.5. The van der Waals surface area contributed by atoms with Crippen LogP contribution in [0.2, 0.25) is 5.02 Å². The number of aliphatic hydroxyl groups is 1. The van der Waals surface area contributed by atoms with Crippen molar-refractivity contribution in [2.24, 2.45) is 25.9 Å². The molecule has 2 aliphatic carbocycles.